The molecule has 0 fully saturated rings. The van der Waals surface area contributed by atoms with Gasteiger partial charge < -0.3 is 10.1 Å². The lowest BCUT2D eigenvalue weighted by atomic mass is 10.1. The van der Waals surface area contributed by atoms with E-state index in [1.807, 2.05) is 30.3 Å². The molecule has 1 amide bonds. The van der Waals surface area contributed by atoms with Gasteiger partial charge in [0.25, 0.3) is 5.56 Å². The van der Waals surface area contributed by atoms with E-state index >= 15 is 0 Å². The Labute approximate surface area is 161 Å². The summed E-state index contributed by atoms with van der Waals surface area (Å²) in [5.41, 5.74) is 1.52. The third-order valence-corrected chi connectivity index (χ3v) is 4.30. The third kappa shape index (κ3) is 4.17. The molecule has 27 heavy (non-hydrogen) atoms. The lowest BCUT2D eigenvalue weighted by Gasteiger charge is -2.16. The van der Waals surface area contributed by atoms with Gasteiger partial charge in [-0.15, -0.1) is 0 Å². The normalized spacial score (nSPS) is 11.7. The molecule has 1 unspecified atom stereocenters. The van der Waals surface area contributed by atoms with Gasteiger partial charge >= 0.3 is 0 Å². The van der Waals surface area contributed by atoms with Crippen molar-refractivity contribution >= 4 is 23.2 Å². The standard InChI is InChI=1S/C20H18ClN3O3/c1-13(20(26)22-17-12-15(21)8-10-18(17)27-2)24-19(25)11-9-16(23-24)14-6-4-3-5-7-14/h3-13H,1-2H3,(H,22,26). The van der Waals surface area contributed by atoms with Crippen molar-refractivity contribution in [3.63, 3.8) is 0 Å². The number of anilines is 1. The molecule has 1 aromatic heterocycles. The van der Waals surface area contributed by atoms with Crippen molar-refractivity contribution in [2.24, 2.45) is 0 Å². The molecule has 0 aliphatic rings. The summed E-state index contributed by atoms with van der Waals surface area (Å²) in [6.45, 7) is 1.61. The fourth-order valence-corrected chi connectivity index (χ4v) is 2.76. The van der Waals surface area contributed by atoms with Crippen molar-refractivity contribution in [3.8, 4) is 17.0 Å². The van der Waals surface area contributed by atoms with Crippen molar-refractivity contribution in [1.82, 2.24) is 9.78 Å². The first-order valence-electron chi connectivity index (χ1n) is 8.29. The Morgan fingerprint density at radius 2 is 1.89 bits per heavy atom. The summed E-state index contributed by atoms with van der Waals surface area (Å²) >= 11 is 5.99. The zero-order valence-corrected chi connectivity index (χ0v) is 15.6. The topological polar surface area (TPSA) is 73.2 Å². The minimum Gasteiger partial charge on any atom is -0.495 e. The van der Waals surface area contributed by atoms with Crippen LogP contribution < -0.4 is 15.6 Å². The maximum Gasteiger partial charge on any atom is 0.267 e. The van der Waals surface area contributed by atoms with Gasteiger partial charge in [-0.25, -0.2) is 4.68 Å². The van der Waals surface area contributed by atoms with Crippen molar-refractivity contribution in [3.05, 3.63) is 76.0 Å². The predicted molar refractivity (Wildman–Crippen MR) is 105 cm³/mol. The van der Waals surface area contributed by atoms with Crippen molar-refractivity contribution < 1.29 is 9.53 Å². The van der Waals surface area contributed by atoms with Crippen LogP contribution in [0.1, 0.15) is 13.0 Å². The fraction of sp³-hybridized carbons (Fsp3) is 0.150. The van der Waals surface area contributed by atoms with Gasteiger partial charge in [0, 0.05) is 16.7 Å². The Bertz CT molecular complexity index is 1020. The number of methoxy groups -OCH3 is 1. The van der Waals surface area contributed by atoms with Gasteiger partial charge in [0.05, 0.1) is 18.5 Å². The Kier molecular flexibility index (Phi) is 5.57. The van der Waals surface area contributed by atoms with E-state index in [-0.39, 0.29) is 5.56 Å². The van der Waals surface area contributed by atoms with E-state index in [1.54, 1.807) is 31.2 Å². The fourth-order valence-electron chi connectivity index (χ4n) is 2.59. The number of carbonyl (C=O) groups excluding carboxylic acids is 1. The first-order valence-corrected chi connectivity index (χ1v) is 8.67. The molecule has 0 aliphatic heterocycles. The smallest absolute Gasteiger partial charge is 0.267 e. The second-order valence-corrected chi connectivity index (χ2v) is 6.31. The van der Waals surface area contributed by atoms with E-state index in [9.17, 15) is 9.59 Å². The van der Waals surface area contributed by atoms with Crippen LogP contribution in [-0.2, 0) is 4.79 Å². The Morgan fingerprint density at radius 3 is 2.59 bits per heavy atom. The van der Waals surface area contributed by atoms with E-state index in [1.165, 1.54) is 13.2 Å². The van der Waals surface area contributed by atoms with Crippen LogP contribution in [0, 0.1) is 0 Å². The molecular weight excluding hydrogens is 366 g/mol. The molecule has 0 spiro atoms. The number of nitrogens with one attached hydrogen (secondary N) is 1. The molecular formula is C20H18ClN3O3. The first kappa shape index (κ1) is 18.7. The molecule has 3 aromatic rings. The zero-order chi connectivity index (χ0) is 19.4. The van der Waals surface area contributed by atoms with Gasteiger partial charge in [0.15, 0.2) is 0 Å². The SMILES string of the molecule is COc1ccc(Cl)cc1NC(=O)C(C)n1nc(-c2ccccc2)ccc1=O. The molecule has 0 aliphatic carbocycles. The van der Waals surface area contributed by atoms with E-state index < -0.39 is 11.9 Å². The lowest BCUT2D eigenvalue weighted by molar-refractivity contribution is -0.119. The molecule has 0 saturated heterocycles. The lowest BCUT2D eigenvalue weighted by Crippen LogP contribution is -2.33. The van der Waals surface area contributed by atoms with Crippen LogP contribution in [0.25, 0.3) is 11.3 Å². The average Bonchev–Trinajstić information content (AvgIpc) is 2.68. The summed E-state index contributed by atoms with van der Waals surface area (Å²) < 4.78 is 6.39. The summed E-state index contributed by atoms with van der Waals surface area (Å²) in [4.78, 5) is 24.9. The highest BCUT2D eigenvalue weighted by atomic mass is 35.5. The summed E-state index contributed by atoms with van der Waals surface area (Å²) in [5, 5.41) is 7.55. The van der Waals surface area contributed by atoms with Crippen LogP contribution in [0.4, 0.5) is 5.69 Å². The summed E-state index contributed by atoms with van der Waals surface area (Å²) in [7, 11) is 1.50. The number of aromatic nitrogens is 2. The number of halogens is 1. The zero-order valence-electron chi connectivity index (χ0n) is 14.8. The molecule has 2 aromatic carbocycles. The first-order chi connectivity index (χ1) is 13.0. The number of hydrogen-bond donors (Lipinski definition) is 1. The highest BCUT2D eigenvalue weighted by Gasteiger charge is 2.19. The summed E-state index contributed by atoms with van der Waals surface area (Å²) in [5.74, 6) is 0.0636. The van der Waals surface area contributed by atoms with Crippen LogP contribution >= 0.6 is 11.6 Å². The number of rotatable bonds is 5. The van der Waals surface area contributed by atoms with Crippen LogP contribution in [0.5, 0.6) is 5.75 Å². The number of nitrogens with zero attached hydrogens (tertiary/aromatic N) is 2. The van der Waals surface area contributed by atoms with Crippen molar-refractivity contribution in [1.29, 1.82) is 0 Å². The quantitative estimate of drug-likeness (QED) is 0.727. The largest absolute Gasteiger partial charge is 0.495 e. The third-order valence-electron chi connectivity index (χ3n) is 4.06. The van der Waals surface area contributed by atoms with Crippen LogP contribution in [0.15, 0.2) is 65.5 Å². The number of benzene rings is 2. The molecule has 0 saturated carbocycles. The Balaban J connectivity index is 1.89. The van der Waals surface area contributed by atoms with E-state index in [0.29, 0.717) is 22.2 Å². The number of carbonyl (C=O) groups is 1. The van der Waals surface area contributed by atoms with Gasteiger partial charge in [-0.3, -0.25) is 9.59 Å². The average molecular weight is 384 g/mol. The van der Waals surface area contributed by atoms with E-state index in [0.717, 1.165) is 10.2 Å². The van der Waals surface area contributed by atoms with Gasteiger partial charge in [0.1, 0.15) is 11.8 Å². The molecule has 138 valence electrons. The molecule has 7 heteroatoms. The monoisotopic (exact) mass is 383 g/mol. The molecule has 0 radical (unpaired) electrons. The molecule has 3 rings (SSSR count). The van der Waals surface area contributed by atoms with E-state index in [2.05, 4.69) is 10.4 Å². The maximum atomic E-state index is 12.7. The van der Waals surface area contributed by atoms with Gasteiger partial charge in [-0.1, -0.05) is 41.9 Å². The number of amides is 1. The molecule has 1 heterocycles. The number of hydrogen-bond acceptors (Lipinski definition) is 4. The molecule has 6 nitrogen and oxygen atoms in total. The second kappa shape index (κ2) is 8.05. The molecule has 0 bridgehead atoms. The minimum atomic E-state index is -0.829. The minimum absolute atomic E-state index is 0.365. The molecule has 1 N–H and O–H groups in total. The van der Waals surface area contributed by atoms with Crippen molar-refractivity contribution in [2.45, 2.75) is 13.0 Å². The second-order valence-electron chi connectivity index (χ2n) is 5.88. The van der Waals surface area contributed by atoms with Crippen LogP contribution in [0.3, 0.4) is 0 Å². The Hall–Kier alpha value is -3.12. The summed E-state index contributed by atoms with van der Waals surface area (Å²) in [6.07, 6.45) is 0. The molecule has 1 atom stereocenters. The predicted octanol–water partition coefficient (Wildman–Crippen LogP) is 3.77. The van der Waals surface area contributed by atoms with Crippen LogP contribution in [0.2, 0.25) is 5.02 Å². The summed E-state index contributed by atoms with van der Waals surface area (Å²) in [6, 6.07) is 16.6. The maximum absolute atomic E-state index is 12.7. The van der Waals surface area contributed by atoms with Crippen molar-refractivity contribution in [2.75, 3.05) is 12.4 Å². The number of ether oxygens (including phenoxy) is 1. The van der Waals surface area contributed by atoms with Gasteiger partial charge in [-0.05, 0) is 31.2 Å². The highest BCUT2D eigenvalue weighted by Crippen LogP contribution is 2.28. The Morgan fingerprint density at radius 1 is 1.15 bits per heavy atom. The van der Waals surface area contributed by atoms with E-state index in [4.69, 9.17) is 16.3 Å². The van der Waals surface area contributed by atoms with Crippen LogP contribution in [-0.4, -0.2) is 22.8 Å². The van der Waals surface area contributed by atoms with Gasteiger partial charge in [0.2, 0.25) is 5.91 Å². The highest BCUT2D eigenvalue weighted by molar-refractivity contribution is 6.31. The van der Waals surface area contributed by atoms with Gasteiger partial charge in [-0.2, -0.15) is 5.10 Å².